The predicted octanol–water partition coefficient (Wildman–Crippen LogP) is 1.40. The molecule has 0 radical (unpaired) electrons. The number of aliphatic hydroxyl groups is 2. The molecule has 0 aliphatic heterocycles. The normalized spacial score (nSPS) is 13.9. The van der Waals surface area contributed by atoms with Crippen molar-refractivity contribution >= 4 is 17.5 Å². The van der Waals surface area contributed by atoms with Crippen LogP contribution in [0.25, 0.3) is 0 Å². The van der Waals surface area contributed by atoms with Crippen LogP contribution in [0.3, 0.4) is 0 Å². The zero-order valence-electron chi connectivity index (χ0n) is 14.1. The Morgan fingerprint density at radius 2 is 2.00 bits per heavy atom. The number of nitrogen functional groups attached to an aromatic ring is 1. The third kappa shape index (κ3) is 5.36. The summed E-state index contributed by atoms with van der Waals surface area (Å²) in [5.74, 6) is 0. The van der Waals surface area contributed by atoms with E-state index in [2.05, 4.69) is 5.32 Å². The van der Waals surface area contributed by atoms with Crippen LogP contribution in [0, 0.1) is 17.0 Å². The molecule has 0 heterocycles. The number of alkyl carbamates (subject to hydrolysis) is 1. The molecule has 0 bridgehead atoms. The molecular formula is C15H23N3O6. The highest BCUT2D eigenvalue weighted by atomic mass is 16.6. The van der Waals surface area contributed by atoms with Gasteiger partial charge in [0.1, 0.15) is 23.5 Å². The van der Waals surface area contributed by atoms with E-state index in [1.165, 1.54) is 12.1 Å². The lowest BCUT2D eigenvalue weighted by molar-refractivity contribution is -0.384. The van der Waals surface area contributed by atoms with E-state index in [1.54, 1.807) is 27.7 Å². The standard InChI is InChI=1S/C15H23N3O6/c1-8-5-9(12(16)10(6-8)18(22)23)13(20)11(19)7-17-14(21)24-15(2,3)4/h5-6,11,13,19-20H,7,16H2,1-4H3,(H,17,21). The molecule has 1 aromatic carbocycles. The van der Waals surface area contributed by atoms with Crippen LogP contribution in [0.1, 0.15) is 38.0 Å². The third-order valence-electron chi connectivity index (χ3n) is 3.07. The van der Waals surface area contributed by atoms with Gasteiger partial charge in [0.2, 0.25) is 0 Å². The molecule has 0 aromatic heterocycles. The van der Waals surface area contributed by atoms with Crippen molar-refractivity contribution in [2.24, 2.45) is 0 Å². The fourth-order valence-electron chi connectivity index (χ4n) is 2.02. The second-order valence-corrected chi connectivity index (χ2v) is 6.44. The van der Waals surface area contributed by atoms with Gasteiger partial charge in [-0.05, 0) is 33.3 Å². The van der Waals surface area contributed by atoms with Crippen molar-refractivity contribution in [1.82, 2.24) is 5.32 Å². The number of aliphatic hydroxyl groups excluding tert-OH is 2. The Bertz CT molecular complexity index is 626. The summed E-state index contributed by atoms with van der Waals surface area (Å²) in [4.78, 5) is 21.9. The number of benzene rings is 1. The van der Waals surface area contributed by atoms with Crippen molar-refractivity contribution in [1.29, 1.82) is 0 Å². The zero-order valence-corrected chi connectivity index (χ0v) is 14.1. The number of aryl methyl sites for hydroxylation is 1. The summed E-state index contributed by atoms with van der Waals surface area (Å²) in [6.45, 7) is 6.35. The summed E-state index contributed by atoms with van der Waals surface area (Å²) in [5.41, 5.74) is 4.97. The average molecular weight is 341 g/mol. The summed E-state index contributed by atoms with van der Waals surface area (Å²) in [5, 5.41) is 33.5. The van der Waals surface area contributed by atoms with Crippen molar-refractivity contribution in [3.05, 3.63) is 33.4 Å². The van der Waals surface area contributed by atoms with Gasteiger partial charge < -0.3 is 26.0 Å². The van der Waals surface area contributed by atoms with Gasteiger partial charge in [-0.1, -0.05) is 6.07 Å². The topological polar surface area (TPSA) is 148 Å². The second-order valence-electron chi connectivity index (χ2n) is 6.44. The number of anilines is 1. The molecule has 0 spiro atoms. The number of hydrogen-bond acceptors (Lipinski definition) is 7. The van der Waals surface area contributed by atoms with Gasteiger partial charge in [0.15, 0.2) is 0 Å². The van der Waals surface area contributed by atoms with E-state index in [-0.39, 0.29) is 23.5 Å². The van der Waals surface area contributed by atoms with E-state index >= 15 is 0 Å². The van der Waals surface area contributed by atoms with Gasteiger partial charge in [-0.3, -0.25) is 10.1 Å². The molecule has 9 heteroatoms. The number of nitrogens with one attached hydrogen (secondary N) is 1. The van der Waals surface area contributed by atoms with E-state index in [9.17, 15) is 25.1 Å². The summed E-state index contributed by atoms with van der Waals surface area (Å²) in [7, 11) is 0. The predicted molar refractivity (Wildman–Crippen MR) is 87.4 cm³/mol. The molecule has 24 heavy (non-hydrogen) atoms. The maximum atomic E-state index is 11.5. The monoisotopic (exact) mass is 341 g/mol. The number of ether oxygens (including phenoxy) is 1. The van der Waals surface area contributed by atoms with E-state index < -0.39 is 28.8 Å². The molecule has 1 amide bonds. The first-order valence-electron chi connectivity index (χ1n) is 7.29. The van der Waals surface area contributed by atoms with Crippen molar-refractivity contribution < 1.29 is 24.7 Å². The summed E-state index contributed by atoms with van der Waals surface area (Å²) in [6, 6.07) is 2.72. The van der Waals surface area contributed by atoms with Crippen LogP contribution in [0.15, 0.2) is 12.1 Å². The Morgan fingerprint density at radius 3 is 2.50 bits per heavy atom. The molecule has 0 aliphatic carbocycles. The van der Waals surface area contributed by atoms with E-state index in [0.717, 1.165) is 0 Å². The van der Waals surface area contributed by atoms with Crippen molar-refractivity contribution in [2.75, 3.05) is 12.3 Å². The van der Waals surface area contributed by atoms with Gasteiger partial charge in [0.05, 0.1) is 4.92 Å². The molecule has 134 valence electrons. The minimum atomic E-state index is -1.50. The van der Waals surface area contributed by atoms with Gasteiger partial charge in [-0.2, -0.15) is 0 Å². The number of carbonyl (C=O) groups is 1. The van der Waals surface area contributed by atoms with Crippen molar-refractivity contribution in [2.45, 2.75) is 45.5 Å². The first-order chi connectivity index (χ1) is 10.9. The number of carbonyl (C=O) groups excluding carboxylic acids is 1. The number of nitrogens with two attached hydrogens (primary N) is 1. The average Bonchev–Trinajstić information content (AvgIpc) is 2.44. The molecule has 0 saturated carbocycles. The van der Waals surface area contributed by atoms with Crippen LogP contribution < -0.4 is 11.1 Å². The lowest BCUT2D eigenvalue weighted by Crippen LogP contribution is -2.39. The number of hydrogen-bond donors (Lipinski definition) is 4. The van der Waals surface area contributed by atoms with E-state index in [0.29, 0.717) is 5.56 Å². The summed E-state index contributed by atoms with van der Waals surface area (Å²) >= 11 is 0. The van der Waals surface area contributed by atoms with Crippen molar-refractivity contribution in [3.8, 4) is 0 Å². The molecule has 1 aromatic rings. The van der Waals surface area contributed by atoms with Gasteiger partial charge in [0.25, 0.3) is 5.69 Å². The molecule has 2 unspecified atom stereocenters. The van der Waals surface area contributed by atoms with E-state index in [4.69, 9.17) is 10.5 Å². The van der Waals surface area contributed by atoms with Crippen LogP contribution in [0.4, 0.5) is 16.2 Å². The third-order valence-corrected chi connectivity index (χ3v) is 3.07. The highest BCUT2D eigenvalue weighted by Gasteiger charge is 2.26. The van der Waals surface area contributed by atoms with Gasteiger partial charge in [0, 0.05) is 18.2 Å². The first-order valence-corrected chi connectivity index (χ1v) is 7.29. The Hall–Kier alpha value is -2.39. The first kappa shape index (κ1) is 19.7. The molecule has 0 saturated heterocycles. The largest absolute Gasteiger partial charge is 0.444 e. The quantitative estimate of drug-likeness (QED) is 0.359. The number of rotatable bonds is 5. The number of nitro benzene ring substituents is 1. The van der Waals surface area contributed by atoms with Gasteiger partial charge in [-0.25, -0.2) is 4.79 Å². The smallest absolute Gasteiger partial charge is 0.407 e. The molecule has 5 N–H and O–H groups in total. The molecular weight excluding hydrogens is 318 g/mol. The number of nitrogens with zero attached hydrogens (tertiary/aromatic N) is 1. The number of amides is 1. The van der Waals surface area contributed by atoms with Crippen LogP contribution in [0.2, 0.25) is 0 Å². The molecule has 9 nitrogen and oxygen atoms in total. The van der Waals surface area contributed by atoms with Gasteiger partial charge >= 0.3 is 6.09 Å². The minimum Gasteiger partial charge on any atom is -0.444 e. The Labute approximate surface area is 139 Å². The summed E-state index contributed by atoms with van der Waals surface area (Å²) in [6.07, 6.45) is -3.67. The van der Waals surface area contributed by atoms with Crippen LogP contribution in [-0.4, -0.2) is 39.5 Å². The van der Waals surface area contributed by atoms with Crippen LogP contribution in [0.5, 0.6) is 0 Å². The fourth-order valence-corrected chi connectivity index (χ4v) is 2.02. The van der Waals surface area contributed by atoms with Gasteiger partial charge in [-0.15, -0.1) is 0 Å². The second kappa shape index (κ2) is 7.45. The van der Waals surface area contributed by atoms with Crippen LogP contribution >= 0.6 is 0 Å². The Balaban J connectivity index is 2.85. The lowest BCUT2D eigenvalue weighted by atomic mass is 9.99. The highest BCUT2D eigenvalue weighted by molar-refractivity contribution is 5.68. The maximum Gasteiger partial charge on any atom is 0.407 e. The Kier molecular flexibility index (Phi) is 6.10. The Morgan fingerprint density at radius 1 is 1.42 bits per heavy atom. The lowest BCUT2D eigenvalue weighted by Gasteiger charge is -2.23. The number of nitro groups is 1. The maximum absolute atomic E-state index is 11.5. The molecule has 1 rings (SSSR count). The van der Waals surface area contributed by atoms with E-state index in [1.807, 2.05) is 0 Å². The summed E-state index contributed by atoms with van der Waals surface area (Å²) < 4.78 is 5.01. The highest BCUT2D eigenvalue weighted by Crippen LogP contribution is 2.32. The molecule has 2 atom stereocenters. The molecule has 0 fully saturated rings. The van der Waals surface area contributed by atoms with Crippen molar-refractivity contribution in [3.63, 3.8) is 0 Å². The SMILES string of the molecule is Cc1cc(C(O)C(O)CNC(=O)OC(C)(C)C)c(N)c([N+](=O)[O-])c1. The van der Waals surface area contributed by atoms with Crippen LogP contribution in [-0.2, 0) is 4.74 Å². The minimum absolute atomic E-state index is 0.0280. The molecule has 0 aliphatic rings. The zero-order chi connectivity index (χ0) is 18.7. The fraction of sp³-hybridized carbons (Fsp3) is 0.533.